The van der Waals surface area contributed by atoms with Gasteiger partial charge in [0.25, 0.3) is 0 Å². The third-order valence-corrected chi connectivity index (χ3v) is 7.63. The summed E-state index contributed by atoms with van der Waals surface area (Å²) in [6.45, 7) is 0.794. The Labute approximate surface area is 184 Å². The standard InChI is InChI=1S/C20H24ClFO8S/c1-2-28-19(25)13-8-20(29-16(9-23)17(10-24)30-20)6-5-18(13)31(26,27)11-12-3-4-15(22)14(21)7-12/h3-4,7-8,16-18,23-24H,2,5-6,9-11H2,1H3/t16-,17-,18?/m1/s1. The molecule has 31 heavy (non-hydrogen) atoms. The van der Waals surface area contributed by atoms with Gasteiger partial charge in [0.05, 0.1) is 41.4 Å². The van der Waals surface area contributed by atoms with Crippen LogP contribution < -0.4 is 0 Å². The molecule has 0 saturated carbocycles. The molecule has 1 saturated heterocycles. The van der Waals surface area contributed by atoms with Gasteiger partial charge in [-0.2, -0.15) is 0 Å². The first kappa shape index (κ1) is 24.1. The van der Waals surface area contributed by atoms with Crippen LogP contribution >= 0.6 is 11.6 Å². The summed E-state index contributed by atoms with van der Waals surface area (Å²) in [4.78, 5) is 12.6. The third-order valence-electron chi connectivity index (χ3n) is 5.25. The van der Waals surface area contributed by atoms with E-state index >= 15 is 0 Å². The van der Waals surface area contributed by atoms with E-state index in [1.165, 1.54) is 18.2 Å². The summed E-state index contributed by atoms with van der Waals surface area (Å²) in [5, 5.41) is 17.5. The van der Waals surface area contributed by atoms with Crippen molar-refractivity contribution in [3.05, 3.63) is 46.3 Å². The molecular weight excluding hydrogens is 455 g/mol. The Hall–Kier alpha value is -1.56. The highest BCUT2D eigenvalue weighted by atomic mass is 35.5. The number of benzene rings is 1. The molecule has 1 fully saturated rings. The molecule has 1 aliphatic carbocycles. The van der Waals surface area contributed by atoms with Crippen molar-refractivity contribution in [2.45, 2.75) is 48.8 Å². The van der Waals surface area contributed by atoms with E-state index in [-0.39, 0.29) is 35.6 Å². The highest BCUT2D eigenvalue weighted by Crippen LogP contribution is 2.41. The molecule has 1 unspecified atom stereocenters. The number of hydrogen-bond acceptors (Lipinski definition) is 8. The van der Waals surface area contributed by atoms with Crippen molar-refractivity contribution in [2.24, 2.45) is 0 Å². The van der Waals surface area contributed by atoms with Crippen LogP contribution in [0.3, 0.4) is 0 Å². The monoisotopic (exact) mass is 478 g/mol. The first-order chi connectivity index (χ1) is 14.6. The van der Waals surface area contributed by atoms with E-state index in [1.54, 1.807) is 6.92 Å². The van der Waals surface area contributed by atoms with Crippen LogP contribution in [0.5, 0.6) is 0 Å². The van der Waals surface area contributed by atoms with Gasteiger partial charge < -0.3 is 24.4 Å². The molecule has 0 amide bonds. The minimum absolute atomic E-state index is 0.0157. The van der Waals surface area contributed by atoms with Gasteiger partial charge in [0.1, 0.15) is 18.0 Å². The Balaban J connectivity index is 1.94. The van der Waals surface area contributed by atoms with Crippen LogP contribution in [-0.4, -0.2) is 67.7 Å². The normalized spacial score (nSPS) is 25.5. The minimum atomic E-state index is -3.92. The molecule has 11 heteroatoms. The molecule has 1 aliphatic heterocycles. The van der Waals surface area contributed by atoms with Crippen molar-refractivity contribution in [1.82, 2.24) is 0 Å². The second-order valence-corrected chi connectivity index (χ2v) is 9.98. The maximum absolute atomic E-state index is 13.4. The van der Waals surface area contributed by atoms with Crippen molar-refractivity contribution >= 4 is 27.4 Å². The zero-order chi connectivity index (χ0) is 22.8. The molecule has 172 valence electrons. The van der Waals surface area contributed by atoms with Crippen LogP contribution in [0.2, 0.25) is 5.02 Å². The van der Waals surface area contributed by atoms with Gasteiger partial charge in [-0.15, -0.1) is 0 Å². The first-order valence-corrected chi connectivity index (χ1v) is 11.9. The predicted octanol–water partition coefficient (Wildman–Crippen LogP) is 1.51. The number of hydrogen-bond donors (Lipinski definition) is 2. The number of carbonyl (C=O) groups excluding carboxylic acids is 1. The van der Waals surface area contributed by atoms with E-state index in [0.717, 1.165) is 6.07 Å². The average Bonchev–Trinajstić information content (AvgIpc) is 3.07. The van der Waals surface area contributed by atoms with E-state index in [0.29, 0.717) is 0 Å². The maximum Gasteiger partial charge on any atom is 0.335 e. The van der Waals surface area contributed by atoms with Gasteiger partial charge >= 0.3 is 5.97 Å². The molecule has 1 aromatic carbocycles. The van der Waals surface area contributed by atoms with Crippen LogP contribution in [0.1, 0.15) is 25.3 Å². The molecule has 3 rings (SSSR count). The van der Waals surface area contributed by atoms with Crippen molar-refractivity contribution in [2.75, 3.05) is 19.8 Å². The number of aliphatic hydroxyl groups is 2. The summed E-state index contributed by atoms with van der Waals surface area (Å²) in [5.41, 5.74) is 0.139. The zero-order valence-corrected chi connectivity index (χ0v) is 18.4. The largest absolute Gasteiger partial charge is 0.463 e. The van der Waals surface area contributed by atoms with Crippen molar-refractivity contribution in [3.8, 4) is 0 Å². The van der Waals surface area contributed by atoms with E-state index in [2.05, 4.69) is 0 Å². The lowest BCUT2D eigenvalue weighted by atomic mass is 9.94. The van der Waals surface area contributed by atoms with Crippen LogP contribution in [0, 0.1) is 5.82 Å². The number of ether oxygens (including phenoxy) is 3. The maximum atomic E-state index is 13.4. The van der Waals surface area contributed by atoms with Crippen molar-refractivity contribution < 1.29 is 42.0 Å². The fourth-order valence-electron chi connectivity index (χ4n) is 3.82. The first-order valence-electron chi connectivity index (χ1n) is 9.77. The van der Waals surface area contributed by atoms with Gasteiger partial charge in [0, 0.05) is 6.42 Å². The summed E-state index contributed by atoms with van der Waals surface area (Å²) in [6, 6.07) is 3.63. The molecule has 0 radical (unpaired) electrons. The van der Waals surface area contributed by atoms with Crippen LogP contribution in [0.4, 0.5) is 4.39 Å². The van der Waals surface area contributed by atoms with Crippen molar-refractivity contribution in [1.29, 1.82) is 0 Å². The molecule has 1 heterocycles. The van der Waals surface area contributed by atoms with Gasteiger partial charge in [-0.25, -0.2) is 17.6 Å². The summed E-state index contributed by atoms with van der Waals surface area (Å²) in [5.74, 6) is -3.40. The summed E-state index contributed by atoms with van der Waals surface area (Å²) >= 11 is 5.76. The molecule has 0 aromatic heterocycles. The van der Waals surface area contributed by atoms with Gasteiger partial charge in [0.15, 0.2) is 15.6 Å². The van der Waals surface area contributed by atoms with Crippen LogP contribution in [0.15, 0.2) is 29.8 Å². The fraction of sp³-hybridized carbons (Fsp3) is 0.550. The Bertz CT molecular complexity index is 952. The molecule has 1 aromatic rings. The van der Waals surface area contributed by atoms with E-state index < -0.39 is 63.8 Å². The molecule has 1 spiro atoms. The van der Waals surface area contributed by atoms with Crippen LogP contribution in [0.25, 0.3) is 0 Å². The smallest absolute Gasteiger partial charge is 0.335 e. The van der Waals surface area contributed by atoms with Gasteiger partial charge in [-0.1, -0.05) is 17.7 Å². The summed E-state index contributed by atoms with van der Waals surface area (Å²) < 4.78 is 56.3. The van der Waals surface area contributed by atoms with E-state index in [4.69, 9.17) is 25.8 Å². The Morgan fingerprint density at radius 2 is 1.94 bits per heavy atom. The molecule has 0 bridgehead atoms. The number of sulfone groups is 1. The molecule has 2 aliphatic rings. The zero-order valence-electron chi connectivity index (χ0n) is 16.8. The third kappa shape index (κ3) is 5.10. The van der Waals surface area contributed by atoms with Gasteiger partial charge in [0.2, 0.25) is 0 Å². The SMILES string of the molecule is CCOC(=O)C1=CC2(CCC1S(=O)(=O)Cc1ccc(F)c(Cl)c1)O[C@H](CO)[C@@H](CO)O2. The number of carbonyl (C=O) groups is 1. The molecule has 2 N–H and O–H groups in total. The lowest BCUT2D eigenvalue weighted by Gasteiger charge is -2.33. The van der Waals surface area contributed by atoms with Gasteiger partial charge in [-0.05, 0) is 37.1 Å². The number of aliphatic hydroxyl groups excluding tert-OH is 2. The Kier molecular flexibility index (Phi) is 7.39. The van der Waals surface area contributed by atoms with Gasteiger partial charge in [-0.3, -0.25) is 0 Å². The second-order valence-electron chi connectivity index (χ2n) is 7.39. The topological polar surface area (TPSA) is 119 Å². The van der Waals surface area contributed by atoms with Crippen LogP contribution in [-0.2, 0) is 34.6 Å². The number of rotatable bonds is 7. The fourth-order valence-corrected chi connectivity index (χ4v) is 5.89. The predicted molar refractivity (Wildman–Crippen MR) is 108 cm³/mol. The average molecular weight is 479 g/mol. The number of halogens is 2. The Morgan fingerprint density at radius 3 is 2.48 bits per heavy atom. The molecule has 8 nitrogen and oxygen atoms in total. The summed E-state index contributed by atoms with van der Waals surface area (Å²) in [7, 11) is -3.92. The quantitative estimate of drug-likeness (QED) is 0.566. The highest BCUT2D eigenvalue weighted by molar-refractivity contribution is 7.91. The highest BCUT2D eigenvalue weighted by Gasteiger charge is 2.51. The molecule has 3 atom stereocenters. The molecular formula is C20H24ClFO8S. The minimum Gasteiger partial charge on any atom is -0.463 e. The van der Waals surface area contributed by atoms with E-state index in [1.807, 2.05) is 0 Å². The lowest BCUT2D eigenvalue weighted by molar-refractivity contribution is -0.154. The Morgan fingerprint density at radius 1 is 1.29 bits per heavy atom. The summed E-state index contributed by atoms with van der Waals surface area (Å²) in [6.07, 6.45) is -0.305. The van der Waals surface area contributed by atoms with Crippen molar-refractivity contribution in [3.63, 3.8) is 0 Å². The second kappa shape index (κ2) is 9.51. The number of esters is 1. The van der Waals surface area contributed by atoms with E-state index in [9.17, 15) is 27.8 Å². The lowest BCUT2D eigenvalue weighted by Crippen LogP contribution is -2.41.